The molecule has 0 saturated carbocycles. The quantitative estimate of drug-likeness (QED) is 0.742. The van der Waals surface area contributed by atoms with Crippen LogP contribution in [0.1, 0.15) is 21.5 Å². The molecule has 0 aliphatic heterocycles. The van der Waals surface area contributed by atoms with Gasteiger partial charge in [0.25, 0.3) is 0 Å². The highest BCUT2D eigenvalue weighted by atomic mass is 16.4. The summed E-state index contributed by atoms with van der Waals surface area (Å²) in [5.74, 6) is -1.06. The van der Waals surface area contributed by atoms with E-state index in [9.17, 15) is 10.1 Å². The molecule has 0 radical (unpaired) electrons. The highest BCUT2D eigenvalue weighted by Crippen LogP contribution is 2.27. The van der Waals surface area contributed by atoms with Gasteiger partial charge in [0.05, 0.1) is 22.5 Å². The van der Waals surface area contributed by atoms with E-state index in [1.165, 1.54) is 18.2 Å². The standard InChI is InChI=1S/C15H13N3O2/c1-9-3-2-4-13(12(9)8-16)18-14-7-10(17)5-6-11(14)15(19)20/h2-7,18H,17H2,1H3,(H,19,20). The second-order valence-corrected chi connectivity index (χ2v) is 4.34. The van der Waals surface area contributed by atoms with Gasteiger partial charge in [-0.1, -0.05) is 12.1 Å². The minimum atomic E-state index is -1.06. The summed E-state index contributed by atoms with van der Waals surface area (Å²) < 4.78 is 0. The zero-order chi connectivity index (χ0) is 14.7. The van der Waals surface area contributed by atoms with Gasteiger partial charge in [0, 0.05) is 5.69 Å². The van der Waals surface area contributed by atoms with Gasteiger partial charge in [-0.05, 0) is 36.8 Å². The molecule has 5 heteroatoms. The average Bonchev–Trinajstić information content (AvgIpc) is 2.38. The Morgan fingerprint density at radius 1 is 1.30 bits per heavy atom. The van der Waals surface area contributed by atoms with Crippen molar-refractivity contribution in [2.24, 2.45) is 0 Å². The van der Waals surface area contributed by atoms with Crippen LogP contribution in [0.3, 0.4) is 0 Å². The molecule has 0 atom stereocenters. The second-order valence-electron chi connectivity index (χ2n) is 4.34. The molecule has 0 spiro atoms. The predicted molar refractivity (Wildman–Crippen MR) is 77.0 cm³/mol. The van der Waals surface area contributed by atoms with Crippen LogP contribution in [0.2, 0.25) is 0 Å². The van der Waals surface area contributed by atoms with Crippen molar-refractivity contribution in [3.05, 3.63) is 53.1 Å². The number of aryl methyl sites for hydroxylation is 1. The molecule has 0 aliphatic carbocycles. The van der Waals surface area contributed by atoms with Gasteiger partial charge in [-0.15, -0.1) is 0 Å². The van der Waals surface area contributed by atoms with Gasteiger partial charge in [0.2, 0.25) is 0 Å². The van der Waals surface area contributed by atoms with Gasteiger partial charge in [-0.3, -0.25) is 0 Å². The van der Waals surface area contributed by atoms with Crippen molar-refractivity contribution in [3.63, 3.8) is 0 Å². The first kappa shape index (κ1) is 13.4. The van der Waals surface area contributed by atoms with Crippen molar-refractivity contribution in [1.82, 2.24) is 0 Å². The molecule has 5 nitrogen and oxygen atoms in total. The topological polar surface area (TPSA) is 99.1 Å². The number of nitrogens with one attached hydrogen (secondary N) is 1. The lowest BCUT2D eigenvalue weighted by Crippen LogP contribution is -2.04. The molecule has 0 saturated heterocycles. The molecule has 2 aromatic rings. The van der Waals surface area contributed by atoms with Crippen molar-refractivity contribution in [2.45, 2.75) is 6.92 Å². The molecular weight excluding hydrogens is 254 g/mol. The van der Waals surface area contributed by atoms with E-state index in [0.717, 1.165) is 5.56 Å². The Kier molecular flexibility index (Phi) is 3.58. The van der Waals surface area contributed by atoms with Crippen LogP contribution in [0.5, 0.6) is 0 Å². The first-order valence-corrected chi connectivity index (χ1v) is 5.92. The van der Waals surface area contributed by atoms with Crippen LogP contribution in [0, 0.1) is 18.3 Å². The lowest BCUT2D eigenvalue weighted by Gasteiger charge is -2.12. The molecule has 20 heavy (non-hydrogen) atoms. The zero-order valence-corrected chi connectivity index (χ0v) is 10.8. The molecule has 2 rings (SSSR count). The molecule has 0 fully saturated rings. The fourth-order valence-electron chi connectivity index (χ4n) is 1.92. The molecular formula is C15H13N3O2. The number of rotatable bonds is 3. The Hall–Kier alpha value is -3.00. The van der Waals surface area contributed by atoms with Crippen LogP contribution in [0.15, 0.2) is 36.4 Å². The van der Waals surface area contributed by atoms with Gasteiger partial charge in [0.15, 0.2) is 0 Å². The third-order valence-corrected chi connectivity index (χ3v) is 2.93. The van der Waals surface area contributed by atoms with Crippen molar-refractivity contribution in [1.29, 1.82) is 5.26 Å². The summed E-state index contributed by atoms with van der Waals surface area (Å²) in [5.41, 5.74) is 8.45. The number of hydrogen-bond acceptors (Lipinski definition) is 4. The van der Waals surface area contributed by atoms with Gasteiger partial charge < -0.3 is 16.2 Å². The van der Waals surface area contributed by atoms with Crippen molar-refractivity contribution in [2.75, 3.05) is 11.1 Å². The fraction of sp³-hybridized carbons (Fsp3) is 0.0667. The van der Waals surface area contributed by atoms with Crippen LogP contribution in [0.25, 0.3) is 0 Å². The van der Waals surface area contributed by atoms with E-state index in [1.54, 1.807) is 12.1 Å². The first-order chi connectivity index (χ1) is 9.52. The molecule has 100 valence electrons. The van der Waals surface area contributed by atoms with Crippen LogP contribution >= 0.6 is 0 Å². The van der Waals surface area contributed by atoms with E-state index in [2.05, 4.69) is 11.4 Å². The number of nitrogens with zero attached hydrogens (tertiary/aromatic N) is 1. The van der Waals surface area contributed by atoms with Crippen molar-refractivity contribution in [3.8, 4) is 6.07 Å². The van der Waals surface area contributed by atoms with Gasteiger partial charge >= 0.3 is 5.97 Å². The van der Waals surface area contributed by atoms with E-state index in [-0.39, 0.29) is 5.56 Å². The van der Waals surface area contributed by atoms with Gasteiger partial charge in [-0.25, -0.2) is 4.79 Å². The van der Waals surface area contributed by atoms with E-state index < -0.39 is 5.97 Å². The van der Waals surface area contributed by atoms with Crippen molar-refractivity contribution >= 4 is 23.0 Å². The van der Waals surface area contributed by atoms with Crippen LogP contribution < -0.4 is 11.1 Å². The fourth-order valence-corrected chi connectivity index (χ4v) is 1.92. The number of benzene rings is 2. The molecule has 0 heterocycles. The SMILES string of the molecule is Cc1cccc(Nc2cc(N)ccc2C(=O)O)c1C#N. The Bertz CT molecular complexity index is 718. The number of nitrogen functional groups attached to an aromatic ring is 1. The Labute approximate surface area is 116 Å². The van der Waals surface area contributed by atoms with E-state index in [0.29, 0.717) is 22.6 Å². The number of anilines is 3. The van der Waals surface area contributed by atoms with Crippen molar-refractivity contribution < 1.29 is 9.90 Å². The highest BCUT2D eigenvalue weighted by molar-refractivity contribution is 5.96. The highest BCUT2D eigenvalue weighted by Gasteiger charge is 2.12. The first-order valence-electron chi connectivity index (χ1n) is 5.92. The van der Waals surface area contributed by atoms with Crippen LogP contribution in [-0.4, -0.2) is 11.1 Å². The number of nitriles is 1. The largest absolute Gasteiger partial charge is 0.478 e. The molecule has 4 N–H and O–H groups in total. The van der Waals surface area contributed by atoms with Crippen LogP contribution in [-0.2, 0) is 0 Å². The predicted octanol–water partition coefficient (Wildman–Crippen LogP) is 2.89. The lowest BCUT2D eigenvalue weighted by molar-refractivity contribution is 0.0698. The Balaban J connectivity index is 2.51. The monoisotopic (exact) mass is 267 g/mol. The number of aromatic carboxylic acids is 1. The summed E-state index contributed by atoms with van der Waals surface area (Å²) >= 11 is 0. The summed E-state index contributed by atoms with van der Waals surface area (Å²) in [7, 11) is 0. The zero-order valence-electron chi connectivity index (χ0n) is 10.8. The molecule has 0 amide bonds. The number of carboxylic acids is 1. The molecule has 0 bridgehead atoms. The minimum absolute atomic E-state index is 0.101. The maximum Gasteiger partial charge on any atom is 0.337 e. The summed E-state index contributed by atoms with van der Waals surface area (Å²) in [6.45, 7) is 1.82. The van der Waals surface area contributed by atoms with Gasteiger partial charge in [0.1, 0.15) is 6.07 Å². The molecule has 0 aliphatic rings. The average molecular weight is 267 g/mol. The number of hydrogen-bond donors (Lipinski definition) is 3. The summed E-state index contributed by atoms with van der Waals surface area (Å²) in [4.78, 5) is 11.2. The van der Waals surface area contributed by atoms with E-state index in [4.69, 9.17) is 10.8 Å². The Morgan fingerprint density at radius 3 is 2.70 bits per heavy atom. The third-order valence-electron chi connectivity index (χ3n) is 2.93. The van der Waals surface area contributed by atoms with E-state index >= 15 is 0 Å². The summed E-state index contributed by atoms with van der Waals surface area (Å²) in [6.07, 6.45) is 0. The Morgan fingerprint density at radius 2 is 2.05 bits per heavy atom. The smallest absolute Gasteiger partial charge is 0.337 e. The number of carboxylic acid groups (broad SMARTS) is 1. The second kappa shape index (κ2) is 5.33. The third kappa shape index (κ3) is 2.54. The molecule has 2 aromatic carbocycles. The summed E-state index contributed by atoms with van der Waals surface area (Å²) in [6, 6.07) is 11.9. The van der Waals surface area contributed by atoms with Crippen LogP contribution in [0.4, 0.5) is 17.1 Å². The lowest BCUT2D eigenvalue weighted by atomic mass is 10.1. The number of nitrogens with two attached hydrogens (primary N) is 1. The van der Waals surface area contributed by atoms with Gasteiger partial charge in [-0.2, -0.15) is 5.26 Å². The number of carbonyl (C=O) groups is 1. The summed E-state index contributed by atoms with van der Waals surface area (Å²) in [5, 5.41) is 21.3. The maximum absolute atomic E-state index is 11.2. The minimum Gasteiger partial charge on any atom is -0.478 e. The maximum atomic E-state index is 11.2. The molecule has 0 aromatic heterocycles. The van der Waals surface area contributed by atoms with E-state index in [1.807, 2.05) is 13.0 Å². The molecule has 0 unspecified atom stereocenters. The normalized spacial score (nSPS) is 9.80.